The third-order valence-electron chi connectivity index (χ3n) is 2.80. The van der Waals surface area contributed by atoms with Gasteiger partial charge in [-0.25, -0.2) is 9.78 Å². The normalized spacial score (nSPS) is 10.3. The first-order chi connectivity index (χ1) is 9.58. The number of aryl methyl sites for hydroxylation is 1. The quantitative estimate of drug-likeness (QED) is 0.639. The smallest absolute Gasteiger partial charge is 0.358 e. The van der Waals surface area contributed by atoms with E-state index in [1.807, 2.05) is 19.1 Å². The van der Waals surface area contributed by atoms with Crippen molar-refractivity contribution in [3.8, 4) is 10.7 Å². The summed E-state index contributed by atoms with van der Waals surface area (Å²) >= 11 is 1.17. The Labute approximate surface area is 120 Å². The first-order valence-electron chi connectivity index (χ1n) is 6.12. The molecular formula is C14H14N2O3S. The van der Waals surface area contributed by atoms with Crippen molar-refractivity contribution in [2.24, 2.45) is 0 Å². The second kappa shape index (κ2) is 5.92. The van der Waals surface area contributed by atoms with E-state index in [1.54, 1.807) is 6.20 Å². The van der Waals surface area contributed by atoms with Crippen LogP contribution in [0.15, 0.2) is 18.3 Å². The summed E-state index contributed by atoms with van der Waals surface area (Å²) in [4.78, 5) is 32.2. The molecule has 0 atom stereocenters. The maximum atomic E-state index is 11.7. The molecule has 2 aromatic rings. The van der Waals surface area contributed by atoms with Gasteiger partial charge in [0.25, 0.3) is 0 Å². The molecule has 0 unspecified atom stereocenters. The van der Waals surface area contributed by atoms with Gasteiger partial charge >= 0.3 is 5.97 Å². The number of esters is 1. The van der Waals surface area contributed by atoms with E-state index in [-0.39, 0.29) is 11.5 Å². The average molecular weight is 290 g/mol. The van der Waals surface area contributed by atoms with Gasteiger partial charge in [0.2, 0.25) is 0 Å². The zero-order chi connectivity index (χ0) is 14.7. The Kier molecular flexibility index (Phi) is 4.24. The zero-order valence-corrected chi connectivity index (χ0v) is 12.3. The van der Waals surface area contributed by atoms with E-state index < -0.39 is 5.97 Å². The van der Waals surface area contributed by atoms with E-state index in [1.165, 1.54) is 25.4 Å². The number of nitrogens with zero attached hydrogens (tertiary/aromatic N) is 2. The van der Waals surface area contributed by atoms with Crippen molar-refractivity contribution >= 4 is 23.1 Å². The van der Waals surface area contributed by atoms with Gasteiger partial charge in [-0.3, -0.25) is 9.78 Å². The van der Waals surface area contributed by atoms with Gasteiger partial charge in [0.1, 0.15) is 15.6 Å². The largest absolute Gasteiger partial charge is 0.464 e. The lowest BCUT2D eigenvalue weighted by Gasteiger charge is -2.01. The zero-order valence-electron chi connectivity index (χ0n) is 11.5. The molecule has 0 aliphatic heterocycles. The van der Waals surface area contributed by atoms with Gasteiger partial charge in [0, 0.05) is 13.1 Å². The van der Waals surface area contributed by atoms with Gasteiger partial charge in [0.05, 0.1) is 7.11 Å². The standard InChI is InChI=1S/C14H14N2O3S/c1-4-9-6-5-7-15-10(9)13-16-11(14(18)19-3)12(20-13)8(2)17/h5-7H,4H2,1-3H3. The molecule has 5 nitrogen and oxygen atoms in total. The second-order valence-electron chi connectivity index (χ2n) is 4.11. The first kappa shape index (κ1) is 14.3. The minimum atomic E-state index is -0.605. The number of rotatable bonds is 4. The van der Waals surface area contributed by atoms with Crippen molar-refractivity contribution in [3.05, 3.63) is 34.5 Å². The monoisotopic (exact) mass is 290 g/mol. The fourth-order valence-corrected chi connectivity index (χ4v) is 2.79. The molecule has 6 heteroatoms. The van der Waals surface area contributed by atoms with Crippen molar-refractivity contribution < 1.29 is 14.3 Å². The lowest BCUT2D eigenvalue weighted by atomic mass is 10.1. The Morgan fingerprint density at radius 2 is 2.15 bits per heavy atom. The molecule has 20 heavy (non-hydrogen) atoms. The number of carbonyl (C=O) groups is 2. The van der Waals surface area contributed by atoms with E-state index >= 15 is 0 Å². The summed E-state index contributed by atoms with van der Waals surface area (Å²) < 4.78 is 4.67. The van der Waals surface area contributed by atoms with Crippen molar-refractivity contribution in [2.75, 3.05) is 7.11 Å². The Morgan fingerprint density at radius 3 is 2.75 bits per heavy atom. The number of hydrogen-bond acceptors (Lipinski definition) is 6. The fourth-order valence-electron chi connectivity index (χ4n) is 1.81. The Hall–Kier alpha value is -2.08. The molecule has 0 fully saturated rings. The minimum absolute atomic E-state index is 0.0627. The van der Waals surface area contributed by atoms with Crippen LogP contribution in [0.25, 0.3) is 10.7 Å². The molecule has 2 rings (SSSR count). The molecule has 0 saturated heterocycles. The van der Waals surface area contributed by atoms with Crippen LogP contribution in [0, 0.1) is 0 Å². The first-order valence-corrected chi connectivity index (χ1v) is 6.94. The van der Waals surface area contributed by atoms with Crippen LogP contribution in [0.4, 0.5) is 0 Å². The number of pyridine rings is 1. The lowest BCUT2D eigenvalue weighted by molar-refractivity contribution is 0.0591. The molecule has 2 aromatic heterocycles. The van der Waals surface area contributed by atoms with E-state index in [0.29, 0.717) is 15.6 Å². The van der Waals surface area contributed by atoms with Crippen LogP contribution in [0.1, 0.15) is 39.6 Å². The van der Waals surface area contributed by atoms with Gasteiger partial charge < -0.3 is 4.74 Å². The highest BCUT2D eigenvalue weighted by Gasteiger charge is 2.23. The summed E-state index contributed by atoms with van der Waals surface area (Å²) in [5, 5.41) is 0.563. The highest BCUT2D eigenvalue weighted by molar-refractivity contribution is 7.17. The molecule has 2 heterocycles. The third-order valence-corrected chi connectivity index (χ3v) is 3.96. The van der Waals surface area contributed by atoms with Crippen LogP contribution >= 0.6 is 11.3 Å². The number of thiazole rings is 1. The summed E-state index contributed by atoms with van der Waals surface area (Å²) in [5.74, 6) is -0.810. The van der Waals surface area contributed by atoms with Crippen LogP contribution in [0.3, 0.4) is 0 Å². The van der Waals surface area contributed by atoms with E-state index in [4.69, 9.17) is 0 Å². The predicted molar refractivity (Wildman–Crippen MR) is 76.1 cm³/mol. The van der Waals surface area contributed by atoms with Crippen molar-refractivity contribution in [3.63, 3.8) is 0 Å². The third kappa shape index (κ3) is 2.60. The van der Waals surface area contributed by atoms with Crippen molar-refractivity contribution in [1.29, 1.82) is 0 Å². The molecule has 0 saturated carbocycles. The van der Waals surface area contributed by atoms with Crippen LogP contribution in [0.2, 0.25) is 0 Å². The maximum Gasteiger partial charge on any atom is 0.358 e. The molecular weight excluding hydrogens is 276 g/mol. The molecule has 0 aromatic carbocycles. The van der Waals surface area contributed by atoms with Gasteiger partial charge in [-0.15, -0.1) is 11.3 Å². The van der Waals surface area contributed by atoms with Crippen molar-refractivity contribution in [1.82, 2.24) is 9.97 Å². The van der Waals surface area contributed by atoms with Crippen molar-refractivity contribution in [2.45, 2.75) is 20.3 Å². The molecule has 0 radical (unpaired) electrons. The molecule has 0 spiro atoms. The highest BCUT2D eigenvalue weighted by atomic mass is 32.1. The Balaban J connectivity index is 2.59. The van der Waals surface area contributed by atoms with Crippen LogP contribution in [-0.2, 0) is 11.2 Å². The van der Waals surface area contributed by atoms with Crippen LogP contribution < -0.4 is 0 Å². The molecule has 0 aliphatic carbocycles. The second-order valence-corrected chi connectivity index (χ2v) is 5.11. The number of Topliss-reactive ketones (excluding diaryl/α,β-unsaturated/α-hetero) is 1. The summed E-state index contributed by atoms with van der Waals surface area (Å²) in [6.07, 6.45) is 2.47. The summed E-state index contributed by atoms with van der Waals surface area (Å²) in [6.45, 7) is 3.42. The molecule has 0 aliphatic rings. The van der Waals surface area contributed by atoms with Gasteiger partial charge in [-0.05, 0) is 18.1 Å². The highest BCUT2D eigenvalue weighted by Crippen LogP contribution is 2.30. The molecule has 104 valence electrons. The van der Waals surface area contributed by atoms with Crippen LogP contribution in [-0.4, -0.2) is 28.8 Å². The number of hydrogen-bond donors (Lipinski definition) is 0. The SMILES string of the molecule is CCc1cccnc1-c1nc(C(=O)OC)c(C(C)=O)s1. The number of ketones is 1. The number of carbonyl (C=O) groups excluding carboxylic acids is 2. The topological polar surface area (TPSA) is 69.2 Å². The molecule has 0 N–H and O–H groups in total. The molecule has 0 amide bonds. The van der Waals surface area contributed by atoms with Crippen LogP contribution in [0.5, 0.6) is 0 Å². The van der Waals surface area contributed by atoms with Gasteiger partial charge in [-0.2, -0.15) is 0 Å². The fraction of sp³-hybridized carbons (Fsp3) is 0.286. The molecule has 0 bridgehead atoms. The number of aromatic nitrogens is 2. The van der Waals surface area contributed by atoms with Gasteiger partial charge in [0.15, 0.2) is 11.5 Å². The van der Waals surface area contributed by atoms with E-state index in [9.17, 15) is 9.59 Å². The summed E-state index contributed by atoms with van der Waals surface area (Å²) in [6, 6.07) is 3.80. The Morgan fingerprint density at radius 1 is 1.40 bits per heavy atom. The lowest BCUT2D eigenvalue weighted by Crippen LogP contribution is -2.07. The number of methoxy groups -OCH3 is 1. The summed E-state index contributed by atoms with van der Waals surface area (Å²) in [7, 11) is 1.27. The average Bonchev–Trinajstić information content (AvgIpc) is 2.91. The number of ether oxygens (including phenoxy) is 1. The van der Waals surface area contributed by atoms with E-state index in [0.717, 1.165) is 12.0 Å². The predicted octanol–water partition coefficient (Wildman–Crippen LogP) is 2.76. The van der Waals surface area contributed by atoms with E-state index in [2.05, 4.69) is 14.7 Å². The van der Waals surface area contributed by atoms with Gasteiger partial charge in [-0.1, -0.05) is 13.0 Å². The maximum absolute atomic E-state index is 11.7. The summed E-state index contributed by atoms with van der Waals surface area (Å²) in [5.41, 5.74) is 1.79. The Bertz CT molecular complexity index is 664. The minimum Gasteiger partial charge on any atom is -0.464 e.